The van der Waals surface area contributed by atoms with E-state index in [9.17, 15) is 4.79 Å². The van der Waals surface area contributed by atoms with Crippen molar-refractivity contribution < 1.29 is 4.79 Å². The van der Waals surface area contributed by atoms with Crippen LogP contribution >= 0.6 is 22.9 Å². The van der Waals surface area contributed by atoms with Crippen molar-refractivity contribution in [2.45, 2.75) is 13.3 Å². The van der Waals surface area contributed by atoms with Gasteiger partial charge in [-0.15, -0.1) is 11.6 Å². The van der Waals surface area contributed by atoms with Crippen molar-refractivity contribution in [1.82, 2.24) is 0 Å². The highest BCUT2D eigenvalue weighted by atomic mass is 35.5. The van der Waals surface area contributed by atoms with Gasteiger partial charge in [0, 0.05) is 11.8 Å². The van der Waals surface area contributed by atoms with Crippen LogP contribution in [0.15, 0.2) is 22.9 Å². The summed E-state index contributed by atoms with van der Waals surface area (Å²) in [5.41, 5.74) is 0. The molecule has 1 unspecified atom stereocenters. The van der Waals surface area contributed by atoms with Crippen LogP contribution in [0.4, 0.5) is 0 Å². The van der Waals surface area contributed by atoms with Gasteiger partial charge in [-0.05, 0) is 17.2 Å². The first kappa shape index (κ1) is 11.7. The summed E-state index contributed by atoms with van der Waals surface area (Å²) < 4.78 is 0. The summed E-state index contributed by atoms with van der Waals surface area (Å²) in [6, 6.07) is 4.04. The average molecular weight is 205 g/mol. The van der Waals surface area contributed by atoms with Crippen molar-refractivity contribution in [3.63, 3.8) is 0 Å². The third-order valence-corrected chi connectivity index (χ3v) is 2.07. The minimum Gasteiger partial charge on any atom is -0.303 e. The van der Waals surface area contributed by atoms with Gasteiger partial charge in [0.2, 0.25) is 0 Å². The molecule has 0 aliphatic heterocycles. The third-order valence-electron chi connectivity index (χ3n) is 1.22. The van der Waals surface area contributed by atoms with Crippen LogP contribution in [0.2, 0.25) is 0 Å². The van der Waals surface area contributed by atoms with Gasteiger partial charge < -0.3 is 4.79 Å². The summed E-state index contributed by atoms with van der Waals surface area (Å²) >= 11 is 7.03. The van der Waals surface area contributed by atoms with Gasteiger partial charge in [-0.1, -0.05) is 19.1 Å². The van der Waals surface area contributed by atoms with Crippen LogP contribution < -0.4 is 0 Å². The fourth-order valence-corrected chi connectivity index (χ4v) is 1.26. The van der Waals surface area contributed by atoms with E-state index in [-0.39, 0.29) is 5.92 Å². The van der Waals surface area contributed by atoms with Gasteiger partial charge in [-0.2, -0.15) is 11.3 Å². The zero-order chi connectivity index (χ0) is 9.23. The zero-order valence-corrected chi connectivity index (χ0v) is 8.65. The van der Waals surface area contributed by atoms with Crippen LogP contribution in [0.5, 0.6) is 0 Å². The number of hydrogen-bond donors (Lipinski definition) is 0. The number of rotatable bonds is 3. The highest BCUT2D eigenvalue weighted by molar-refractivity contribution is 7.07. The van der Waals surface area contributed by atoms with Crippen molar-refractivity contribution in [1.29, 1.82) is 0 Å². The van der Waals surface area contributed by atoms with E-state index in [1.807, 2.05) is 29.8 Å². The van der Waals surface area contributed by atoms with Gasteiger partial charge in [0.05, 0.1) is 0 Å². The fourth-order valence-electron chi connectivity index (χ4n) is 0.467. The molecule has 0 saturated heterocycles. The van der Waals surface area contributed by atoms with Crippen LogP contribution in [0.25, 0.3) is 0 Å². The van der Waals surface area contributed by atoms with Crippen LogP contribution in [0.3, 0.4) is 0 Å². The lowest BCUT2D eigenvalue weighted by molar-refractivity contribution is -0.110. The third kappa shape index (κ3) is 7.76. The maximum Gasteiger partial charge on any atom is 0.122 e. The van der Waals surface area contributed by atoms with Crippen molar-refractivity contribution in [2.75, 3.05) is 5.88 Å². The molecule has 0 radical (unpaired) electrons. The molecule has 1 aromatic heterocycles. The monoisotopic (exact) mass is 204 g/mol. The predicted molar refractivity (Wildman–Crippen MR) is 54.9 cm³/mol. The quantitative estimate of drug-likeness (QED) is 0.546. The number of aldehydes is 1. The molecule has 68 valence electrons. The van der Waals surface area contributed by atoms with Gasteiger partial charge in [-0.25, -0.2) is 0 Å². The maximum atomic E-state index is 9.84. The molecule has 1 nitrogen and oxygen atoms in total. The standard InChI is InChI=1S/C5H9ClO.C4H4S/c1-5(4-7)2-3-6;1-2-4-5-3-1/h4-5H,2-3H2,1H3;1-4H. The van der Waals surface area contributed by atoms with Gasteiger partial charge >= 0.3 is 0 Å². The Kier molecular flexibility index (Phi) is 8.51. The number of alkyl halides is 1. The number of thiophene rings is 1. The maximum absolute atomic E-state index is 9.84. The second-order valence-corrected chi connectivity index (χ2v) is 3.58. The molecule has 12 heavy (non-hydrogen) atoms. The molecule has 0 bridgehead atoms. The van der Waals surface area contributed by atoms with E-state index in [0.717, 1.165) is 12.7 Å². The molecule has 0 fully saturated rings. The molecule has 0 saturated carbocycles. The minimum absolute atomic E-state index is 0.137. The first-order valence-corrected chi connectivity index (χ1v) is 5.27. The summed E-state index contributed by atoms with van der Waals surface area (Å²) in [6.45, 7) is 1.86. The van der Waals surface area contributed by atoms with Crippen LogP contribution in [0, 0.1) is 5.92 Å². The summed E-state index contributed by atoms with van der Waals surface area (Å²) in [5, 5.41) is 4.08. The van der Waals surface area contributed by atoms with Gasteiger partial charge in [0.1, 0.15) is 6.29 Å². The van der Waals surface area contributed by atoms with E-state index in [4.69, 9.17) is 11.6 Å². The Balaban J connectivity index is 0.000000211. The Morgan fingerprint density at radius 1 is 1.50 bits per heavy atom. The Bertz CT molecular complexity index is 157. The Labute approximate surface area is 82.4 Å². The Morgan fingerprint density at radius 2 is 2.08 bits per heavy atom. The molecular formula is C9H13ClOS. The predicted octanol–water partition coefficient (Wildman–Crippen LogP) is 3.20. The van der Waals surface area contributed by atoms with E-state index in [1.165, 1.54) is 0 Å². The topological polar surface area (TPSA) is 17.1 Å². The molecule has 0 spiro atoms. The van der Waals surface area contributed by atoms with Crippen molar-refractivity contribution in [3.05, 3.63) is 22.9 Å². The fraction of sp³-hybridized carbons (Fsp3) is 0.444. The second-order valence-electron chi connectivity index (χ2n) is 2.38. The average Bonchev–Trinajstić information content (AvgIpc) is 2.62. The van der Waals surface area contributed by atoms with E-state index >= 15 is 0 Å². The highest BCUT2D eigenvalue weighted by Crippen LogP contribution is 1.97. The lowest BCUT2D eigenvalue weighted by Gasteiger charge is -1.93. The molecule has 1 aromatic rings. The largest absolute Gasteiger partial charge is 0.303 e. The molecule has 1 heterocycles. The Hall–Kier alpha value is -0.340. The molecule has 3 heteroatoms. The summed E-state index contributed by atoms with van der Waals surface area (Å²) in [4.78, 5) is 9.84. The number of carbonyl (C=O) groups is 1. The second kappa shape index (κ2) is 8.75. The van der Waals surface area contributed by atoms with Crippen LogP contribution in [0.1, 0.15) is 13.3 Å². The van der Waals surface area contributed by atoms with Crippen molar-refractivity contribution in [3.8, 4) is 0 Å². The molecule has 1 atom stereocenters. The summed E-state index contributed by atoms with van der Waals surface area (Å²) in [7, 11) is 0. The van der Waals surface area contributed by atoms with E-state index in [1.54, 1.807) is 11.3 Å². The first-order chi connectivity index (χ1) is 5.81. The zero-order valence-electron chi connectivity index (χ0n) is 7.07. The molecule has 0 amide bonds. The molecule has 0 aliphatic rings. The van der Waals surface area contributed by atoms with Crippen molar-refractivity contribution in [2.24, 2.45) is 5.92 Å². The number of carbonyl (C=O) groups excluding carboxylic acids is 1. The van der Waals surface area contributed by atoms with E-state index in [2.05, 4.69) is 0 Å². The van der Waals surface area contributed by atoms with Crippen LogP contribution in [-0.4, -0.2) is 12.2 Å². The van der Waals surface area contributed by atoms with Crippen LogP contribution in [-0.2, 0) is 4.79 Å². The smallest absolute Gasteiger partial charge is 0.122 e. The SMILES string of the molecule is CC(C=O)CCCl.c1ccsc1. The molecular weight excluding hydrogens is 192 g/mol. The van der Waals surface area contributed by atoms with E-state index in [0.29, 0.717) is 5.88 Å². The lowest BCUT2D eigenvalue weighted by atomic mass is 10.2. The molecule has 1 rings (SSSR count). The van der Waals surface area contributed by atoms with Gasteiger partial charge in [0.25, 0.3) is 0 Å². The van der Waals surface area contributed by atoms with Crippen molar-refractivity contribution >= 4 is 29.2 Å². The summed E-state index contributed by atoms with van der Waals surface area (Å²) in [6.07, 6.45) is 1.72. The van der Waals surface area contributed by atoms with Gasteiger partial charge in [0.15, 0.2) is 0 Å². The minimum atomic E-state index is 0.137. The normalized spacial score (nSPS) is 11.2. The molecule has 0 aromatic carbocycles. The van der Waals surface area contributed by atoms with E-state index < -0.39 is 0 Å². The molecule has 0 aliphatic carbocycles. The number of halogens is 1. The molecule has 0 N–H and O–H groups in total. The number of hydrogen-bond acceptors (Lipinski definition) is 2. The summed E-state index contributed by atoms with van der Waals surface area (Å²) in [5.74, 6) is 0.720. The van der Waals surface area contributed by atoms with Gasteiger partial charge in [-0.3, -0.25) is 0 Å². The lowest BCUT2D eigenvalue weighted by Crippen LogP contribution is -1.94. The first-order valence-electron chi connectivity index (χ1n) is 3.79. The highest BCUT2D eigenvalue weighted by Gasteiger charge is 1.94. The Morgan fingerprint density at radius 3 is 2.25 bits per heavy atom.